The number of nitrogens with zero attached hydrogens (tertiary/aromatic N) is 2. The second-order valence-corrected chi connectivity index (χ2v) is 7.76. The molecule has 0 radical (unpaired) electrons. The van der Waals surface area contributed by atoms with Crippen molar-refractivity contribution >= 4 is 5.96 Å². The zero-order valence-electron chi connectivity index (χ0n) is 16.3. The molecule has 1 heterocycles. The number of hydrogen-bond acceptors (Lipinski definition) is 3. The van der Waals surface area contributed by atoms with Crippen LogP contribution in [0.3, 0.4) is 0 Å². The van der Waals surface area contributed by atoms with Crippen LogP contribution in [0, 0.1) is 5.92 Å². The summed E-state index contributed by atoms with van der Waals surface area (Å²) in [4.78, 5) is 7.16. The van der Waals surface area contributed by atoms with Crippen molar-refractivity contribution in [1.29, 1.82) is 0 Å². The molecule has 0 bridgehead atoms. The average molecular weight is 353 g/mol. The smallest absolute Gasteiger partial charge is 0.191 e. The maximum absolute atomic E-state index is 9.55. The van der Waals surface area contributed by atoms with E-state index in [9.17, 15) is 5.11 Å². The summed E-state index contributed by atoms with van der Waals surface area (Å²) >= 11 is 0. The molecule has 25 heavy (non-hydrogen) atoms. The zero-order valence-corrected chi connectivity index (χ0v) is 16.3. The van der Waals surface area contributed by atoms with E-state index in [1.807, 2.05) is 0 Å². The largest absolute Gasteiger partial charge is 0.393 e. The van der Waals surface area contributed by atoms with Gasteiger partial charge in [0, 0.05) is 32.7 Å². The average Bonchev–Trinajstić information content (AvgIpc) is 3.13. The van der Waals surface area contributed by atoms with E-state index in [1.54, 1.807) is 0 Å². The molecule has 0 aromatic carbocycles. The molecule has 1 saturated heterocycles. The molecular formula is C20H40N4O. The Morgan fingerprint density at radius 3 is 2.52 bits per heavy atom. The van der Waals surface area contributed by atoms with Crippen molar-refractivity contribution in [3.05, 3.63) is 0 Å². The fourth-order valence-electron chi connectivity index (χ4n) is 4.03. The number of aliphatic imine (C=N–C) groups is 1. The molecule has 146 valence electrons. The lowest BCUT2D eigenvalue weighted by Gasteiger charge is -2.29. The lowest BCUT2D eigenvalue weighted by molar-refractivity contribution is 0.0824. The van der Waals surface area contributed by atoms with Crippen molar-refractivity contribution in [3.8, 4) is 0 Å². The first-order valence-corrected chi connectivity index (χ1v) is 10.7. The minimum absolute atomic E-state index is 0.0764. The van der Waals surface area contributed by atoms with Crippen LogP contribution in [0.5, 0.6) is 0 Å². The molecular weight excluding hydrogens is 312 g/mol. The van der Waals surface area contributed by atoms with E-state index >= 15 is 0 Å². The Morgan fingerprint density at radius 1 is 1.04 bits per heavy atom. The molecule has 0 amide bonds. The maximum atomic E-state index is 9.55. The zero-order chi connectivity index (χ0) is 17.7. The van der Waals surface area contributed by atoms with Gasteiger partial charge in [-0.05, 0) is 45.1 Å². The quantitative estimate of drug-likeness (QED) is 0.321. The Morgan fingerprint density at radius 2 is 1.80 bits per heavy atom. The lowest BCUT2D eigenvalue weighted by Crippen LogP contribution is -2.38. The fraction of sp³-hybridized carbons (Fsp3) is 0.950. The highest BCUT2D eigenvalue weighted by Gasteiger charge is 2.16. The van der Waals surface area contributed by atoms with Gasteiger partial charge < -0.3 is 20.6 Å². The molecule has 5 heteroatoms. The number of nitrogens with one attached hydrogen (secondary N) is 2. The Kier molecular flexibility index (Phi) is 10.3. The van der Waals surface area contributed by atoms with Gasteiger partial charge in [-0.2, -0.15) is 0 Å². The van der Waals surface area contributed by atoms with Gasteiger partial charge >= 0.3 is 0 Å². The van der Waals surface area contributed by atoms with Crippen molar-refractivity contribution in [2.24, 2.45) is 10.9 Å². The Labute approximate surface area is 154 Å². The van der Waals surface area contributed by atoms with Gasteiger partial charge in [0.05, 0.1) is 6.10 Å². The van der Waals surface area contributed by atoms with Crippen LogP contribution >= 0.6 is 0 Å². The minimum atomic E-state index is -0.0764. The number of piperidine rings is 1. The van der Waals surface area contributed by atoms with Gasteiger partial charge in [0.25, 0.3) is 0 Å². The van der Waals surface area contributed by atoms with Crippen LogP contribution in [0.2, 0.25) is 0 Å². The van der Waals surface area contributed by atoms with Crippen molar-refractivity contribution in [2.75, 3.05) is 39.3 Å². The third-order valence-corrected chi connectivity index (χ3v) is 5.61. The molecule has 2 fully saturated rings. The maximum Gasteiger partial charge on any atom is 0.191 e. The fourth-order valence-corrected chi connectivity index (χ4v) is 4.03. The second kappa shape index (κ2) is 12.5. The van der Waals surface area contributed by atoms with E-state index < -0.39 is 0 Å². The van der Waals surface area contributed by atoms with Crippen molar-refractivity contribution < 1.29 is 5.11 Å². The predicted molar refractivity (Wildman–Crippen MR) is 106 cm³/mol. The number of unbranched alkanes of at least 4 members (excludes halogenated alkanes) is 1. The highest BCUT2D eigenvalue weighted by Crippen LogP contribution is 2.28. The summed E-state index contributed by atoms with van der Waals surface area (Å²) < 4.78 is 0. The van der Waals surface area contributed by atoms with Crippen LogP contribution in [0.15, 0.2) is 4.99 Å². The summed E-state index contributed by atoms with van der Waals surface area (Å²) in [6, 6.07) is 0. The van der Waals surface area contributed by atoms with Gasteiger partial charge in [-0.25, -0.2) is 0 Å². The topological polar surface area (TPSA) is 59.9 Å². The van der Waals surface area contributed by atoms with Crippen LogP contribution in [0.25, 0.3) is 0 Å². The molecule has 0 spiro atoms. The summed E-state index contributed by atoms with van der Waals surface area (Å²) in [5.41, 5.74) is 0. The van der Waals surface area contributed by atoms with E-state index in [0.717, 1.165) is 70.4 Å². The number of hydrogen-bond donors (Lipinski definition) is 3. The van der Waals surface area contributed by atoms with Gasteiger partial charge in [-0.3, -0.25) is 4.99 Å². The molecule has 0 atom stereocenters. The molecule has 0 aromatic heterocycles. The van der Waals surface area contributed by atoms with Gasteiger partial charge in [0.2, 0.25) is 0 Å². The van der Waals surface area contributed by atoms with E-state index in [0.29, 0.717) is 0 Å². The molecule has 1 aliphatic heterocycles. The van der Waals surface area contributed by atoms with Crippen LogP contribution < -0.4 is 10.6 Å². The Bertz CT molecular complexity index is 361. The number of guanidine groups is 1. The normalized spacial score (nSPS) is 21.0. The van der Waals surface area contributed by atoms with Crippen LogP contribution in [-0.4, -0.2) is 61.3 Å². The number of aliphatic hydroxyl groups is 1. The van der Waals surface area contributed by atoms with Crippen molar-refractivity contribution in [3.63, 3.8) is 0 Å². The molecule has 2 rings (SSSR count). The lowest BCUT2D eigenvalue weighted by atomic mass is 10.0. The van der Waals surface area contributed by atoms with Crippen LogP contribution in [-0.2, 0) is 0 Å². The molecule has 1 aliphatic carbocycles. The van der Waals surface area contributed by atoms with E-state index in [4.69, 9.17) is 4.99 Å². The first-order chi connectivity index (χ1) is 12.3. The van der Waals surface area contributed by atoms with Gasteiger partial charge in [-0.15, -0.1) is 0 Å². The highest BCUT2D eigenvalue weighted by molar-refractivity contribution is 5.79. The molecule has 2 aliphatic rings. The SMILES string of the molecule is CCNC(=NCCCN1CCC(O)CC1)NCCCCC1CCCC1. The van der Waals surface area contributed by atoms with Gasteiger partial charge in [0.15, 0.2) is 5.96 Å². The first-order valence-electron chi connectivity index (χ1n) is 10.7. The van der Waals surface area contributed by atoms with Crippen molar-refractivity contribution in [1.82, 2.24) is 15.5 Å². The summed E-state index contributed by atoms with van der Waals surface area (Å²) in [6.45, 7) is 8.10. The number of rotatable bonds is 10. The third-order valence-electron chi connectivity index (χ3n) is 5.61. The molecule has 1 saturated carbocycles. The van der Waals surface area contributed by atoms with Crippen LogP contribution in [0.1, 0.15) is 71.1 Å². The van der Waals surface area contributed by atoms with Gasteiger partial charge in [0.1, 0.15) is 0 Å². The molecule has 3 N–H and O–H groups in total. The molecule has 5 nitrogen and oxygen atoms in total. The first kappa shape index (κ1) is 20.5. The monoisotopic (exact) mass is 352 g/mol. The van der Waals surface area contributed by atoms with E-state index in [2.05, 4.69) is 22.5 Å². The Balaban J connectivity index is 1.52. The van der Waals surface area contributed by atoms with E-state index in [-0.39, 0.29) is 6.10 Å². The summed E-state index contributed by atoms with van der Waals surface area (Å²) in [5, 5.41) is 16.4. The predicted octanol–water partition coefficient (Wildman–Crippen LogP) is 2.75. The minimum Gasteiger partial charge on any atom is -0.393 e. The standard InChI is InChI=1S/C20H40N4O/c1-2-21-20(22-13-6-5-10-18-8-3-4-9-18)23-14-7-15-24-16-11-19(25)12-17-24/h18-19,25H,2-17H2,1H3,(H2,21,22,23). The third kappa shape index (κ3) is 8.91. The summed E-state index contributed by atoms with van der Waals surface area (Å²) in [5.74, 6) is 1.98. The number of aliphatic hydroxyl groups excluding tert-OH is 1. The van der Waals surface area contributed by atoms with Crippen LogP contribution in [0.4, 0.5) is 0 Å². The molecule has 0 aromatic rings. The summed E-state index contributed by atoms with van der Waals surface area (Å²) in [7, 11) is 0. The second-order valence-electron chi connectivity index (χ2n) is 7.76. The number of likely N-dealkylation sites (tertiary alicyclic amines) is 1. The highest BCUT2D eigenvalue weighted by atomic mass is 16.3. The van der Waals surface area contributed by atoms with E-state index in [1.165, 1.54) is 44.9 Å². The van der Waals surface area contributed by atoms with Crippen molar-refractivity contribution in [2.45, 2.75) is 77.2 Å². The summed E-state index contributed by atoms with van der Waals surface area (Å²) in [6.07, 6.45) is 12.7. The van der Waals surface area contributed by atoms with Gasteiger partial charge in [-0.1, -0.05) is 38.5 Å². The molecule has 0 unspecified atom stereocenters. The Hall–Kier alpha value is -0.810.